The van der Waals surface area contributed by atoms with Gasteiger partial charge in [-0.1, -0.05) is 11.8 Å². The molecule has 0 aliphatic carbocycles. The van der Waals surface area contributed by atoms with Gasteiger partial charge in [-0.15, -0.1) is 11.3 Å². The number of nitro groups is 1. The molecule has 2 aromatic rings. The minimum Gasteiger partial charge on any atom is -0.444 e. The lowest BCUT2D eigenvalue weighted by Gasteiger charge is -2.24. The summed E-state index contributed by atoms with van der Waals surface area (Å²) >= 11 is 3.18. The van der Waals surface area contributed by atoms with E-state index in [4.69, 9.17) is 4.74 Å². The maximum Gasteiger partial charge on any atom is 0.410 e. The molecular weight excluding hydrogens is 374 g/mol. The van der Waals surface area contributed by atoms with Crippen molar-refractivity contribution in [1.29, 1.82) is 0 Å². The highest BCUT2D eigenvalue weighted by molar-refractivity contribution is 8.01. The summed E-state index contributed by atoms with van der Waals surface area (Å²) in [4.78, 5) is 28.8. The molecule has 1 atom stereocenters. The summed E-state index contributed by atoms with van der Waals surface area (Å²) in [6.07, 6.45) is 0.695. The van der Waals surface area contributed by atoms with Gasteiger partial charge >= 0.3 is 6.09 Å². The van der Waals surface area contributed by atoms with Crippen LogP contribution in [0.2, 0.25) is 0 Å². The molecule has 0 saturated carbocycles. The maximum absolute atomic E-state index is 12.1. The smallest absolute Gasteiger partial charge is 0.410 e. The summed E-state index contributed by atoms with van der Waals surface area (Å²) in [6, 6.07) is 4.76. The van der Waals surface area contributed by atoms with Gasteiger partial charge in [-0.25, -0.2) is 9.78 Å². The van der Waals surface area contributed by atoms with Crippen molar-refractivity contribution in [1.82, 2.24) is 9.88 Å². The predicted octanol–water partition coefficient (Wildman–Crippen LogP) is 4.55. The van der Waals surface area contributed by atoms with E-state index in [2.05, 4.69) is 4.98 Å². The Morgan fingerprint density at radius 1 is 1.50 bits per heavy atom. The average molecular weight is 396 g/mol. The Kier molecular flexibility index (Phi) is 5.38. The van der Waals surface area contributed by atoms with Crippen LogP contribution in [0.25, 0.3) is 10.2 Å². The summed E-state index contributed by atoms with van der Waals surface area (Å²) in [6.45, 7) is 7.01. The van der Waals surface area contributed by atoms with E-state index in [0.717, 1.165) is 21.2 Å². The molecule has 1 aromatic heterocycles. The van der Waals surface area contributed by atoms with E-state index in [1.165, 1.54) is 12.1 Å². The zero-order chi connectivity index (χ0) is 18.9. The highest BCUT2D eigenvalue weighted by atomic mass is 32.2. The molecule has 3 rings (SSSR count). The number of nitrogens with zero attached hydrogens (tertiary/aromatic N) is 3. The normalized spacial score (nSPS) is 17.7. The monoisotopic (exact) mass is 395 g/mol. The van der Waals surface area contributed by atoms with Gasteiger partial charge in [0.2, 0.25) is 0 Å². The quantitative estimate of drug-likeness (QED) is 0.429. The van der Waals surface area contributed by atoms with Gasteiger partial charge in [0.15, 0.2) is 4.34 Å². The third kappa shape index (κ3) is 4.64. The molecule has 1 aliphatic heterocycles. The summed E-state index contributed by atoms with van der Waals surface area (Å²) in [5, 5.41) is 10.9. The number of hydrogen-bond donors (Lipinski definition) is 0. The molecule has 0 bridgehead atoms. The molecule has 0 radical (unpaired) electrons. The Morgan fingerprint density at radius 3 is 2.96 bits per heavy atom. The fourth-order valence-electron chi connectivity index (χ4n) is 2.72. The van der Waals surface area contributed by atoms with Gasteiger partial charge in [-0.3, -0.25) is 10.1 Å². The lowest BCUT2D eigenvalue weighted by molar-refractivity contribution is -0.384. The van der Waals surface area contributed by atoms with E-state index >= 15 is 0 Å². The molecule has 1 aromatic carbocycles. The van der Waals surface area contributed by atoms with Crippen molar-refractivity contribution in [2.45, 2.75) is 37.1 Å². The van der Waals surface area contributed by atoms with Crippen molar-refractivity contribution in [3.05, 3.63) is 28.3 Å². The Balaban J connectivity index is 1.56. The number of fused-ring (bicyclic) bond motifs is 1. The van der Waals surface area contributed by atoms with Crippen LogP contribution in [0.4, 0.5) is 10.5 Å². The van der Waals surface area contributed by atoms with E-state index in [9.17, 15) is 14.9 Å². The Labute approximate surface area is 159 Å². The number of rotatable bonds is 4. The molecule has 1 fully saturated rings. The second-order valence-corrected chi connectivity index (χ2v) is 9.58. The lowest BCUT2D eigenvalue weighted by atomic mass is 10.2. The number of aromatic nitrogens is 1. The van der Waals surface area contributed by atoms with Crippen LogP contribution in [0, 0.1) is 16.0 Å². The molecule has 1 aliphatic rings. The van der Waals surface area contributed by atoms with Crippen LogP contribution in [0.3, 0.4) is 0 Å². The number of carbonyl (C=O) groups excluding carboxylic acids is 1. The van der Waals surface area contributed by atoms with E-state index in [-0.39, 0.29) is 11.8 Å². The predicted molar refractivity (Wildman–Crippen MR) is 103 cm³/mol. The van der Waals surface area contributed by atoms with Crippen molar-refractivity contribution in [3.8, 4) is 0 Å². The average Bonchev–Trinajstić information content (AvgIpc) is 3.17. The fourth-order valence-corrected chi connectivity index (χ4v) is 4.92. The second kappa shape index (κ2) is 7.40. The Morgan fingerprint density at radius 2 is 2.27 bits per heavy atom. The molecule has 7 nitrogen and oxygen atoms in total. The number of non-ortho nitro benzene ring substituents is 1. The standard InChI is InChI=1S/C17H21N3O4S2/c1-17(2,3)24-16(21)19-7-6-11(9-19)10-25-15-18-13-8-12(20(22)23)4-5-14(13)26-15/h4-5,8,11H,6-7,9-10H2,1-3H3/t11-/m0/s1. The molecule has 1 amide bonds. The first-order valence-corrected chi connectivity index (χ1v) is 10.2. The van der Waals surface area contributed by atoms with E-state index < -0.39 is 10.5 Å². The topological polar surface area (TPSA) is 85.6 Å². The highest BCUT2D eigenvalue weighted by Gasteiger charge is 2.29. The third-order valence-electron chi connectivity index (χ3n) is 3.94. The third-order valence-corrected chi connectivity index (χ3v) is 6.35. The molecule has 2 heterocycles. The number of nitro benzene ring substituents is 1. The SMILES string of the molecule is CC(C)(C)OC(=O)N1CC[C@H](CSc2nc3cc([N+](=O)[O-])ccc3s2)C1. The van der Waals surface area contributed by atoms with Gasteiger partial charge < -0.3 is 9.64 Å². The van der Waals surface area contributed by atoms with E-state index in [0.29, 0.717) is 24.5 Å². The number of thioether (sulfide) groups is 1. The van der Waals surface area contributed by atoms with Crippen LogP contribution in [-0.4, -0.2) is 45.3 Å². The number of carbonyl (C=O) groups is 1. The molecule has 0 unspecified atom stereocenters. The van der Waals surface area contributed by atoms with Crippen LogP contribution in [-0.2, 0) is 4.74 Å². The van der Waals surface area contributed by atoms with E-state index in [1.807, 2.05) is 20.8 Å². The first kappa shape index (κ1) is 18.9. The van der Waals surface area contributed by atoms with Crippen LogP contribution in [0.1, 0.15) is 27.2 Å². The van der Waals surface area contributed by atoms with Gasteiger partial charge in [-0.2, -0.15) is 0 Å². The number of hydrogen-bond acceptors (Lipinski definition) is 7. The number of amides is 1. The van der Waals surface area contributed by atoms with Crippen molar-refractivity contribution >= 4 is 45.1 Å². The lowest BCUT2D eigenvalue weighted by Crippen LogP contribution is -2.35. The van der Waals surface area contributed by atoms with Crippen LogP contribution in [0.5, 0.6) is 0 Å². The second-order valence-electron chi connectivity index (χ2n) is 7.28. The summed E-state index contributed by atoms with van der Waals surface area (Å²) in [5.74, 6) is 1.26. The van der Waals surface area contributed by atoms with Crippen LogP contribution < -0.4 is 0 Å². The first-order valence-electron chi connectivity index (χ1n) is 8.37. The van der Waals surface area contributed by atoms with Gasteiger partial charge in [0.1, 0.15) is 5.60 Å². The zero-order valence-electron chi connectivity index (χ0n) is 14.9. The number of benzene rings is 1. The first-order chi connectivity index (χ1) is 12.2. The molecule has 0 N–H and O–H groups in total. The van der Waals surface area contributed by atoms with Crippen LogP contribution >= 0.6 is 23.1 Å². The van der Waals surface area contributed by atoms with Crippen molar-refractivity contribution in [3.63, 3.8) is 0 Å². The summed E-state index contributed by atoms with van der Waals surface area (Å²) in [7, 11) is 0. The minimum absolute atomic E-state index is 0.0585. The molecule has 9 heteroatoms. The molecule has 1 saturated heterocycles. The number of likely N-dealkylation sites (tertiary alicyclic amines) is 1. The van der Waals surface area contributed by atoms with Crippen molar-refractivity contribution in [2.24, 2.45) is 5.92 Å². The number of thiazole rings is 1. The van der Waals surface area contributed by atoms with E-state index in [1.54, 1.807) is 34.1 Å². The molecule has 140 valence electrons. The van der Waals surface area contributed by atoms with Crippen molar-refractivity contribution < 1.29 is 14.5 Å². The van der Waals surface area contributed by atoms with Crippen LogP contribution in [0.15, 0.2) is 22.5 Å². The van der Waals surface area contributed by atoms with Crippen molar-refractivity contribution in [2.75, 3.05) is 18.8 Å². The van der Waals surface area contributed by atoms with Gasteiger partial charge in [0.05, 0.1) is 15.1 Å². The molecule has 26 heavy (non-hydrogen) atoms. The maximum atomic E-state index is 12.1. The largest absolute Gasteiger partial charge is 0.444 e. The van der Waals surface area contributed by atoms with Gasteiger partial charge in [0.25, 0.3) is 5.69 Å². The highest BCUT2D eigenvalue weighted by Crippen LogP contribution is 2.34. The Bertz CT molecular complexity index is 831. The summed E-state index contributed by atoms with van der Waals surface area (Å²) < 4.78 is 7.26. The minimum atomic E-state index is -0.479. The van der Waals surface area contributed by atoms with Gasteiger partial charge in [-0.05, 0) is 39.2 Å². The molecule has 0 spiro atoms. The molecular formula is C17H21N3O4S2. The Hall–Kier alpha value is -1.87. The summed E-state index contributed by atoms with van der Waals surface area (Å²) in [5.41, 5.74) is 0.240. The number of ether oxygens (including phenoxy) is 1. The fraction of sp³-hybridized carbons (Fsp3) is 0.529. The zero-order valence-corrected chi connectivity index (χ0v) is 16.6. The van der Waals surface area contributed by atoms with Gasteiger partial charge in [0, 0.05) is 31.0 Å².